The van der Waals surface area contributed by atoms with Crippen LogP contribution in [-0.4, -0.2) is 20.7 Å². The number of pyridine rings is 2. The van der Waals surface area contributed by atoms with Crippen LogP contribution in [-0.2, 0) is 0 Å². The van der Waals surface area contributed by atoms with Crippen molar-refractivity contribution in [2.45, 2.75) is 12.0 Å². The van der Waals surface area contributed by atoms with Crippen molar-refractivity contribution in [1.82, 2.24) is 9.97 Å². The standard InChI is InChI=1S/C25H20N4O3/c30-25(18-10-2-1-3-11-18)23(20-13-6-8-16-26-20)24(28-22-15-7-9-17-27-22)19-12-4-5-14-21(19)29(31)32/h1-17,23-24H,(H,27,28)/t23?,24-/m1/s1. The second kappa shape index (κ2) is 9.61. The van der Waals surface area contributed by atoms with Gasteiger partial charge in [0.15, 0.2) is 5.78 Å². The molecule has 0 bridgehead atoms. The molecule has 4 rings (SSSR count). The maximum atomic E-state index is 13.8. The van der Waals surface area contributed by atoms with E-state index >= 15 is 0 Å². The van der Waals surface area contributed by atoms with Crippen molar-refractivity contribution in [1.29, 1.82) is 0 Å². The van der Waals surface area contributed by atoms with Gasteiger partial charge in [-0.2, -0.15) is 0 Å². The molecule has 0 aliphatic carbocycles. The molecule has 0 aliphatic rings. The van der Waals surface area contributed by atoms with Gasteiger partial charge < -0.3 is 5.32 Å². The summed E-state index contributed by atoms with van der Waals surface area (Å²) in [4.78, 5) is 33.9. The lowest BCUT2D eigenvalue weighted by atomic mass is 9.83. The number of rotatable bonds is 8. The smallest absolute Gasteiger partial charge is 0.274 e. The van der Waals surface area contributed by atoms with Crippen LogP contribution in [0.25, 0.3) is 0 Å². The van der Waals surface area contributed by atoms with Crippen LogP contribution in [0.3, 0.4) is 0 Å². The van der Waals surface area contributed by atoms with Crippen LogP contribution in [0.2, 0.25) is 0 Å². The number of nitrogens with zero attached hydrogens (tertiary/aromatic N) is 3. The average Bonchev–Trinajstić information content (AvgIpc) is 2.85. The lowest BCUT2D eigenvalue weighted by Crippen LogP contribution is -2.28. The van der Waals surface area contributed by atoms with E-state index in [1.54, 1.807) is 91.3 Å². The van der Waals surface area contributed by atoms with Gasteiger partial charge in [-0.15, -0.1) is 0 Å². The number of Topliss-reactive ketones (excluding diaryl/α,β-unsaturated/α-hetero) is 1. The Kier molecular flexibility index (Phi) is 6.27. The fraction of sp³-hybridized carbons (Fsp3) is 0.0800. The minimum Gasteiger partial charge on any atom is -0.362 e. The summed E-state index contributed by atoms with van der Waals surface area (Å²) < 4.78 is 0. The molecular weight excluding hydrogens is 404 g/mol. The molecule has 4 aromatic rings. The summed E-state index contributed by atoms with van der Waals surface area (Å²) in [5.41, 5.74) is 1.30. The third kappa shape index (κ3) is 4.52. The average molecular weight is 424 g/mol. The zero-order valence-electron chi connectivity index (χ0n) is 17.0. The van der Waals surface area contributed by atoms with Gasteiger partial charge in [0, 0.05) is 24.0 Å². The first kappa shape index (κ1) is 20.9. The third-order valence-electron chi connectivity index (χ3n) is 5.12. The number of nitrogens with one attached hydrogen (secondary N) is 1. The van der Waals surface area contributed by atoms with Gasteiger partial charge in [-0.3, -0.25) is 19.9 Å². The Morgan fingerprint density at radius 3 is 2.12 bits per heavy atom. The first-order valence-electron chi connectivity index (χ1n) is 10.1. The second-order valence-electron chi connectivity index (χ2n) is 7.12. The van der Waals surface area contributed by atoms with E-state index in [9.17, 15) is 14.9 Å². The predicted octanol–water partition coefficient (Wildman–Crippen LogP) is 5.20. The Morgan fingerprint density at radius 1 is 0.812 bits per heavy atom. The maximum absolute atomic E-state index is 13.8. The number of hydrogen-bond acceptors (Lipinski definition) is 6. The molecule has 0 spiro atoms. The lowest BCUT2D eigenvalue weighted by molar-refractivity contribution is -0.385. The molecule has 2 aromatic heterocycles. The van der Waals surface area contributed by atoms with E-state index in [1.807, 2.05) is 6.07 Å². The number of carbonyl (C=O) groups excluding carboxylic acids is 1. The molecule has 7 nitrogen and oxygen atoms in total. The van der Waals surface area contributed by atoms with Crippen molar-refractivity contribution in [2.75, 3.05) is 5.32 Å². The number of para-hydroxylation sites is 1. The van der Waals surface area contributed by atoms with E-state index in [0.717, 1.165) is 0 Å². The molecule has 1 N–H and O–H groups in total. The molecule has 0 aliphatic heterocycles. The van der Waals surface area contributed by atoms with E-state index in [0.29, 0.717) is 22.6 Å². The van der Waals surface area contributed by atoms with Crippen LogP contribution < -0.4 is 5.32 Å². The number of hydrogen-bond donors (Lipinski definition) is 1. The SMILES string of the molecule is O=C(c1ccccc1)C(c1ccccn1)[C@H](Nc1ccccn1)c1ccccc1[N+](=O)[O-]. The van der Waals surface area contributed by atoms with Gasteiger partial charge in [0.1, 0.15) is 5.82 Å². The van der Waals surface area contributed by atoms with Gasteiger partial charge in [-0.25, -0.2) is 4.98 Å². The summed E-state index contributed by atoms with van der Waals surface area (Å²) in [6, 6.07) is 25.2. The van der Waals surface area contributed by atoms with Crippen LogP contribution in [0.1, 0.15) is 33.6 Å². The summed E-state index contributed by atoms with van der Waals surface area (Å²) in [6.45, 7) is 0. The summed E-state index contributed by atoms with van der Waals surface area (Å²) >= 11 is 0. The monoisotopic (exact) mass is 424 g/mol. The highest BCUT2D eigenvalue weighted by atomic mass is 16.6. The molecule has 2 heterocycles. The number of carbonyl (C=O) groups is 1. The van der Waals surface area contributed by atoms with Crippen molar-refractivity contribution in [3.8, 4) is 0 Å². The van der Waals surface area contributed by atoms with Gasteiger partial charge in [-0.1, -0.05) is 60.7 Å². The Balaban J connectivity index is 1.91. The molecule has 7 heteroatoms. The highest BCUT2D eigenvalue weighted by molar-refractivity contribution is 6.01. The molecule has 0 amide bonds. The Labute approximate surface area is 185 Å². The van der Waals surface area contributed by atoms with E-state index in [2.05, 4.69) is 15.3 Å². The second-order valence-corrected chi connectivity index (χ2v) is 7.12. The predicted molar refractivity (Wildman–Crippen MR) is 121 cm³/mol. The van der Waals surface area contributed by atoms with E-state index < -0.39 is 16.9 Å². The number of nitro benzene ring substituents is 1. The number of anilines is 1. The van der Waals surface area contributed by atoms with E-state index in [1.165, 1.54) is 6.07 Å². The van der Waals surface area contributed by atoms with Crippen molar-refractivity contribution < 1.29 is 9.72 Å². The van der Waals surface area contributed by atoms with E-state index in [4.69, 9.17) is 0 Å². The molecule has 0 saturated heterocycles. The normalized spacial score (nSPS) is 12.5. The third-order valence-corrected chi connectivity index (χ3v) is 5.12. The van der Waals surface area contributed by atoms with Crippen molar-refractivity contribution in [3.63, 3.8) is 0 Å². The fourth-order valence-corrected chi connectivity index (χ4v) is 3.66. The van der Waals surface area contributed by atoms with Gasteiger partial charge in [0.05, 0.1) is 28.1 Å². The molecule has 2 aromatic carbocycles. The Hall–Kier alpha value is -4.39. The molecule has 158 valence electrons. The van der Waals surface area contributed by atoms with Crippen molar-refractivity contribution in [2.24, 2.45) is 0 Å². The molecular formula is C25H20N4O3. The largest absolute Gasteiger partial charge is 0.362 e. The summed E-state index contributed by atoms with van der Waals surface area (Å²) in [5.74, 6) is -0.532. The van der Waals surface area contributed by atoms with Gasteiger partial charge in [0.2, 0.25) is 0 Å². The van der Waals surface area contributed by atoms with Crippen molar-refractivity contribution >= 4 is 17.3 Å². The van der Waals surface area contributed by atoms with Crippen LogP contribution in [0, 0.1) is 10.1 Å². The highest BCUT2D eigenvalue weighted by Crippen LogP contribution is 2.39. The first-order valence-corrected chi connectivity index (χ1v) is 10.1. The minimum atomic E-state index is -0.832. The highest BCUT2D eigenvalue weighted by Gasteiger charge is 2.36. The van der Waals surface area contributed by atoms with Crippen molar-refractivity contribution in [3.05, 3.63) is 130 Å². The molecule has 0 fully saturated rings. The zero-order chi connectivity index (χ0) is 22.3. The Bertz CT molecular complexity index is 1200. The number of benzene rings is 2. The zero-order valence-corrected chi connectivity index (χ0v) is 17.0. The summed E-state index contributed by atoms with van der Waals surface area (Å²) in [5, 5.41) is 15.1. The molecule has 32 heavy (non-hydrogen) atoms. The van der Waals surface area contributed by atoms with Gasteiger partial charge in [0.25, 0.3) is 5.69 Å². The fourth-order valence-electron chi connectivity index (χ4n) is 3.66. The minimum absolute atomic E-state index is 0.0808. The van der Waals surface area contributed by atoms with E-state index in [-0.39, 0.29) is 11.5 Å². The molecule has 2 atom stereocenters. The van der Waals surface area contributed by atoms with Crippen LogP contribution >= 0.6 is 0 Å². The summed E-state index contributed by atoms with van der Waals surface area (Å²) in [7, 11) is 0. The number of aromatic nitrogens is 2. The summed E-state index contributed by atoms with van der Waals surface area (Å²) in [6.07, 6.45) is 3.23. The van der Waals surface area contributed by atoms with Gasteiger partial charge in [-0.05, 0) is 24.3 Å². The van der Waals surface area contributed by atoms with Crippen LogP contribution in [0.5, 0.6) is 0 Å². The lowest BCUT2D eigenvalue weighted by Gasteiger charge is -2.27. The first-order chi connectivity index (χ1) is 15.6. The molecule has 0 radical (unpaired) electrons. The maximum Gasteiger partial charge on any atom is 0.274 e. The molecule has 0 saturated carbocycles. The quantitative estimate of drug-likeness (QED) is 0.237. The number of nitro groups is 1. The van der Waals surface area contributed by atoms with Crippen LogP contribution in [0.15, 0.2) is 103 Å². The van der Waals surface area contributed by atoms with Gasteiger partial charge >= 0.3 is 0 Å². The van der Waals surface area contributed by atoms with Crippen LogP contribution in [0.4, 0.5) is 11.5 Å². The Morgan fingerprint density at radius 2 is 1.47 bits per heavy atom. The molecule has 1 unspecified atom stereocenters. The topological polar surface area (TPSA) is 98.0 Å². The number of ketones is 1.